The molecule has 0 aliphatic heterocycles. The van der Waals surface area contributed by atoms with Crippen LogP contribution in [0.2, 0.25) is 0 Å². The number of hydrogen-bond acceptors (Lipinski definition) is 3. The third kappa shape index (κ3) is 2.26. The van der Waals surface area contributed by atoms with Crippen LogP contribution in [0.5, 0.6) is 0 Å². The molecule has 1 aromatic rings. The molecule has 4 heteroatoms. The predicted molar refractivity (Wildman–Crippen MR) is 58.6 cm³/mol. The maximum atomic E-state index is 10.9. The van der Waals surface area contributed by atoms with Gasteiger partial charge in [-0.3, -0.25) is 0 Å². The number of hydrogen-bond donors (Lipinski definition) is 1. The zero-order valence-electron chi connectivity index (χ0n) is 9.53. The van der Waals surface area contributed by atoms with Gasteiger partial charge in [0.25, 0.3) is 0 Å². The number of carbonyl (C=O) groups is 1. The lowest BCUT2D eigenvalue weighted by atomic mass is 10.0. The third-order valence-electron chi connectivity index (χ3n) is 3.21. The van der Waals surface area contributed by atoms with Gasteiger partial charge in [0.2, 0.25) is 5.76 Å². The van der Waals surface area contributed by atoms with Crippen molar-refractivity contribution in [1.82, 2.24) is 4.98 Å². The molecule has 0 amide bonds. The molecular weight excluding hydrogens is 206 g/mol. The minimum absolute atomic E-state index is 0.000697. The van der Waals surface area contributed by atoms with Gasteiger partial charge in [0.15, 0.2) is 5.89 Å². The summed E-state index contributed by atoms with van der Waals surface area (Å²) in [4.78, 5) is 15.1. The van der Waals surface area contributed by atoms with Gasteiger partial charge in [-0.15, -0.1) is 0 Å². The molecule has 0 saturated heterocycles. The second-order valence-corrected chi connectivity index (χ2v) is 4.46. The number of carboxylic acid groups (broad SMARTS) is 1. The Bertz CT molecular complexity index is 376. The normalized spacial score (nSPS) is 18.3. The lowest BCUT2D eigenvalue weighted by Gasteiger charge is -2.08. The van der Waals surface area contributed by atoms with Crippen molar-refractivity contribution in [3.63, 3.8) is 0 Å². The van der Waals surface area contributed by atoms with Crippen LogP contribution >= 0.6 is 0 Å². The first-order valence-electron chi connectivity index (χ1n) is 5.89. The van der Waals surface area contributed by atoms with Gasteiger partial charge in [-0.05, 0) is 19.8 Å². The molecule has 0 unspecified atom stereocenters. The van der Waals surface area contributed by atoms with E-state index in [9.17, 15) is 4.79 Å². The van der Waals surface area contributed by atoms with E-state index in [0.29, 0.717) is 17.5 Å². The van der Waals surface area contributed by atoms with E-state index in [1.807, 2.05) is 0 Å². The van der Waals surface area contributed by atoms with Crippen LogP contribution < -0.4 is 0 Å². The van der Waals surface area contributed by atoms with E-state index < -0.39 is 5.97 Å². The molecule has 1 saturated carbocycles. The summed E-state index contributed by atoms with van der Waals surface area (Å²) < 4.78 is 5.36. The van der Waals surface area contributed by atoms with Crippen LogP contribution in [-0.2, 0) is 0 Å². The van der Waals surface area contributed by atoms with Crippen LogP contribution in [0.1, 0.15) is 66.6 Å². The monoisotopic (exact) mass is 223 g/mol. The lowest BCUT2D eigenvalue weighted by molar-refractivity contribution is 0.0658. The van der Waals surface area contributed by atoms with Crippen LogP contribution in [0.15, 0.2) is 4.42 Å². The van der Waals surface area contributed by atoms with Gasteiger partial charge in [-0.25, -0.2) is 9.78 Å². The van der Waals surface area contributed by atoms with E-state index in [4.69, 9.17) is 9.52 Å². The summed E-state index contributed by atoms with van der Waals surface area (Å²) in [5.41, 5.74) is 0.492. The zero-order valence-corrected chi connectivity index (χ0v) is 9.53. The maximum absolute atomic E-state index is 10.9. The molecule has 1 aliphatic rings. The number of carboxylic acids is 1. The first-order chi connectivity index (χ1) is 7.68. The van der Waals surface area contributed by atoms with Gasteiger partial charge < -0.3 is 9.52 Å². The summed E-state index contributed by atoms with van der Waals surface area (Å²) in [6.07, 6.45) is 7.05. The average molecular weight is 223 g/mol. The summed E-state index contributed by atoms with van der Waals surface area (Å²) in [6.45, 7) is 1.69. The third-order valence-corrected chi connectivity index (χ3v) is 3.21. The number of oxazole rings is 1. The van der Waals surface area contributed by atoms with Crippen LogP contribution in [0, 0.1) is 6.92 Å². The quantitative estimate of drug-likeness (QED) is 0.782. The Balaban J connectivity index is 2.19. The molecule has 16 heavy (non-hydrogen) atoms. The second kappa shape index (κ2) is 4.68. The minimum Gasteiger partial charge on any atom is -0.475 e. The number of nitrogens with zero attached hydrogens (tertiary/aromatic N) is 1. The second-order valence-electron chi connectivity index (χ2n) is 4.46. The fourth-order valence-corrected chi connectivity index (χ4v) is 2.32. The van der Waals surface area contributed by atoms with Crippen molar-refractivity contribution in [3.05, 3.63) is 17.3 Å². The lowest BCUT2D eigenvalue weighted by Crippen LogP contribution is -1.97. The Morgan fingerprint density at radius 3 is 2.44 bits per heavy atom. The number of aryl methyl sites for hydroxylation is 1. The smallest absolute Gasteiger partial charge is 0.373 e. The summed E-state index contributed by atoms with van der Waals surface area (Å²) in [6, 6.07) is 0. The van der Waals surface area contributed by atoms with Crippen LogP contribution in [0.25, 0.3) is 0 Å². The molecule has 88 valence electrons. The Morgan fingerprint density at radius 2 is 1.94 bits per heavy atom. The highest BCUT2D eigenvalue weighted by atomic mass is 16.4. The van der Waals surface area contributed by atoms with Gasteiger partial charge >= 0.3 is 5.97 Å². The highest BCUT2D eigenvalue weighted by molar-refractivity contribution is 5.85. The van der Waals surface area contributed by atoms with Gasteiger partial charge in [0.1, 0.15) is 0 Å². The topological polar surface area (TPSA) is 63.3 Å². The summed E-state index contributed by atoms with van der Waals surface area (Å²) >= 11 is 0. The Morgan fingerprint density at radius 1 is 1.31 bits per heavy atom. The van der Waals surface area contributed by atoms with Crippen molar-refractivity contribution in [2.45, 2.75) is 51.4 Å². The highest BCUT2D eigenvalue weighted by Crippen LogP contribution is 2.31. The zero-order chi connectivity index (χ0) is 11.5. The molecule has 0 atom stereocenters. The van der Waals surface area contributed by atoms with Crippen LogP contribution in [-0.4, -0.2) is 16.1 Å². The molecule has 1 fully saturated rings. The highest BCUT2D eigenvalue weighted by Gasteiger charge is 2.23. The van der Waals surface area contributed by atoms with Crippen LogP contribution in [0.3, 0.4) is 0 Å². The molecule has 1 aromatic heterocycles. The molecular formula is C12H17NO3. The van der Waals surface area contributed by atoms with Gasteiger partial charge in [-0.2, -0.15) is 0 Å². The largest absolute Gasteiger partial charge is 0.475 e. The van der Waals surface area contributed by atoms with Crippen molar-refractivity contribution in [1.29, 1.82) is 0 Å². The molecule has 0 spiro atoms. The maximum Gasteiger partial charge on any atom is 0.373 e. The van der Waals surface area contributed by atoms with Crippen molar-refractivity contribution >= 4 is 5.97 Å². The summed E-state index contributed by atoms with van der Waals surface area (Å²) in [7, 11) is 0. The number of aromatic nitrogens is 1. The average Bonchev–Trinajstić information content (AvgIpc) is 2.50. The molecule has 0 bridgehead atoms. The fourth-order valence-electron chi connectivity index (χ4n) is 2.32. The van der Waals surface area contributed by atoms with E-state index in [-0.39, 0.29) is 5.76 Å². The molecule has 0 aromatic carbocycles. The Kier molecular flexibility index (Phi) is 3.27. The van der Waals surface area contributed by atoms with Gasteiger partial charge in [0.05, 0.1) is 5.69 Å². The number of aromatic carboxylic acids is 1. The molecule has 1 aliphatic carbocycles. The molecule has 0 radical (unpaired) electrons. The Hall–Kier alpha value is -1.32. The van der Waals surface area contributed by atoms with E-state index in [1.165, 1.54) is 25.7 Å². The fraction of sp³-hybridized carbons (Fsp3) is 0.667. The van der Waals surface area contributed by atoms with Gasteiger partial charge in [-0.1, -0.05) is 25.7 Å². The Labute approximate surface area is 94.7 Å². The molecule has 1 heterocycles. The first kappa shape index (κ1) is 11.2. The van der Waals surface area contributed by atoms with Crippen molar-refractivity contribution in [2.75, 3.05) is 0 Å². The minimum atomic E-state index is -1.02. The summed E-state index contributed by atoms with van der Waals surface area (Å²) in [5.74, 6) is -0.0878. The van der Waals surface area contributed by atoms with Crippen molar-refractivity contribution in [2.24, 2.45) is 0 Å². The first-order valence-corrected chi connectivity index (χ1v) is 5.89. The predicted octanol–water partition coefficient (Wildman–Crippen LogP) is 3.12. The SMILES string of the molecule is Cc1nc(C2CCCCCC2)oc1C(=O)O. The standard InChI is InChI=1S/C12H17NO3/c1-8-10(12(14)15)16-11(13-8)9-6-4-2-3-5-7-9/h9H,2-7H2,1H3,(H,14,15). The van der Waals surface area contributed by atoms with Crippen molar-refractivity contribution < 1.29 is 14.3 Å². The van der Waals surface area contributed by atoms with E-state index >= 15 is 0 Å². The molecule has 2 rings (SSSR count). The number of rotatable bonds is 2. The van der Waals surface area contributed by atoms with E-state index in [0.717, 1.165) is 12.8 Å². The van der Waals surface area contributed by atoms with Crippen LogP contribution in [0.4, 0.5) is 0 Å². The van der Waals surface area contributed by atoms with Crippen molar-refractivity contribution in [3.8, 4) is 0 Å². The van der Waals surface area contributed by atoms with Gasteiger partial charge in [0, 0.05) is 5.92 Å². The molecule has 4 nitrogen and oxygen atoms in total. The molecule has 1 N–H and O–H groups in total. The van der Waals surface area contributed by atoms with E-state index in [1.54, 1.807) is 6.92 Å². The summed E-state index contributed by atoms with van der Waals surface area (Å²) in [5, 5.41) is 8.90. The van der Waals surface area contributed by atoms with E-state index in [2.05, 4.69) is 4.98 Å².